The standard InChI is InChI=1S/C16H21ClN2O/c1-12-7-15(19(2)18-12)9-14(11-17)8-13-5-4-6-16(10-13)20-3/h4-7,10,14H,8-9,11H2,1-3H3. The third-order valence-electron chi connectivity index (χ3n) is 3.47. The minimum atomic E-state index is 0.401. The van der Waals surface area contributed by atoms with Crippen LogP contribution in [0.3, 0.4) is 0 Å². The van der Waals surface area contributed by atoms with E-state index in [1.54, 1.807) is 7.11 Å². The Kier molecular flexibility index (Phi) is 5.07. The van der Waals surface area contributed by atoms with Crippen LogP contribution in [0.5, 0.6) is 5.75 Å². The van der Waals surface area contributed by atoms with Crippen molar-refractivity contribution in [2.24, 2.45) is 13.0 Å². The minimum absolute atomic E-state index is 0.401. The van der Waals surface area contributed by atoms with Gasteiger partial charge in [0.25, 0.3) is 0 Å². The lowest BCUT2D eigenvalue weighted by molar-refractivity contribution is 0.413. The molecule has 0 aliphatic carbocycles. The summed E-state index contributed by atoms with van der Waals surface area (Å²) in [6.07, 6.45) is 1.89. The van der Waals surface area contributed by atoms with Gasteiger partial charge >= 0.3 is 0 Å². The number of rotatable bonds is 6. The Morgan fingerprint density at radius 2 is 2.10 bits per heavy atom. The van der Waals surface area contributed by atoms with Gasteiger partial charge in [0.2, 0.25) is 0 Å². The number of halogens is 1. The van der Waals surface area contributed by atoms with Crippen LogP contribution in [0, 0.1) is 12.8 Å². The van der Waals surface area contributed by atoms with E-state index in [0.29, 0.717) is 11.8 Å². The van der Waals surface area contributed by atoms with Crippen molar-refractivity contribution in [3.8, 4) is 5.75 Å². The average Bonchev–Trinajstić information content (AvgIpc) is 2.76. The van der Waals surface area contributed by atoms with Crippen molar-refractivity contribution in [1.82, 2.24) is 9.78 Å². The molecule has 0 N–H and O–H groups in total. The van der Waals surface area contributed by atoms with E-state index in [0.717, 1.165) is 24.3 Å². The number of aryl methyl sites for hydroxylation is 2. The molecule has 20 heavy (non-hydrogen) atoms. The van der Waals surface area contributed by atoms with Gasteiger partial charge in [-0.3, -0.25) is 4.68 Å². The monoisotopic (exact) mass is 292 g/mol. The molecule has 1 heterocycles. The van der Waals surface area contributed by atoms with Crippen molar-refractivity contribution in [3.63, 3.8) is 0 Å². The van der Waals surface area contributed by atoms with Crippen LogP contribution in [0.25, 0.3) is 0 Å². The molecular formula is C16H21ClN2O. The maximum absolute atomic E-state index is 6.14. The van der Waals surface area contributed by atoms with E-state index in [1.807, 2.05) is 30.8 Å². The predicted octanol–water partition coefficient (Wildman–Crippen LogP) is 3.38. The Hall–Kier alpha value is -1.48. The lowest BCUT2D eigenvalue weighted by Crippen LogP contribution is -2.12. The molecule has 108 valence electrons. The van der Waals surface area contributed by atoms with E-state index in [1.165, 1.54) is 11.3 Å². The van der Waals surface area contributed by atoms with Crippen LogP contribution in [0.2, 0.25) is 0 Å². The number of hydrogen-bond donors (Lipinski definition) is 0. The Morgan fingerprint density at radius 1 is 1.30 bits per heavy atom. The number of nitrogens with zero attached hydrogens (tertiary/aromatic N) is 2. The Morgan fingerprint density at radius 3 is 2.70 bits per heavy atom. The van der Waals surface area contributed by atoms with Crippen molar-refractivity contribution in [2.45, 2.75) is 19.8 Å². The van der Waals surface area contributed by atoms with Crippen LogP contribution in [-0.2, 0) is 19.9 Å². The zero-order valence-corrected chi connectivity index (χ0v) is 13.0. The molecule has 3 nitrogen and oxygen atoms in total. The maximum atomic E-state index is 6.14. The average molecular weight is 293 g/mol. The topological polar surface area (TPSA) is 27.1 Å². The molecule has 0 aliphatic heterocycles. The molecule has 0 saturated heterocycles. The second kappa shape index (κ2) is 6.80. The molecule has 0 bridgehead atoms. The molecule has 1 unspecified atom stereocenters. The molecule has 1 atom stereocenters. The van der Waals surface area contributed by atoms with E-state index in [2.05, 4.69) is 23.3 Å². The van der Waals surface area contributed by atoms with E-state index in [-0.39, 0.29) is 0 Å². The van der Waals surface area contributed by atoms with Crippen molar-refractivity contribution in [3.05, 3.63) is 47.3 Å². The molecule has 2 aromatic rings. The number of ether oxygens (including phenoxy) is 1. The molecule has 0 spiro atoms. The highest BCUT2D eigenvalue weighted by atomic mass is 35.5. The third-order valence-corrected chi connectivity index (χ3v) is 3.91. The van der Waals surface area contributed by atoms with Gasteiger partial charge in [-0.2, -0.15) is 5.10 Å². The molecule has 0 amide bonds. The van der Waals surface area contributed by atoms with E-state index in [4.69, 9.17) is 16.3 Å². The van der Waals surface area contributed by atoms with Gasteiger partial charge in [-0.1, -0.05) is 12.1 Å². The van der Waals surface area contributed by atoms with Gasteiger partial charge in [0.15, 0.2) is 0 Å². The molecule has 4 heteroatoms. The van der Waals surface area contributed by atoms with Crippen molar-refractivity contribution in [2.75, 3.05) is 13.0 Å². The van der Waals surface area contributed by atoms with Crippen molar-refractivity contribution in [1.29, 1.82) is 0 Å². The number of methoxy groups -OCH3 is 1. The Balaban J connectivity index is 2.06. The van der Waals surface area contributed by atoms with Gasteiger partial charge in [0.05, 0.1) is 12.8 Å². The van der Waals surface area contributed by atoms with Crippen LogP contribution in [-0.4, -0.2) is 22.8 Å². The zero-order chi connectivity index (χ0) is 14.5. The first-order chi connectivity index (χ1) is 9.62. The number of aromatic nitrogens is 2. The molecule has 2 rings (SSSR count). The first-order valence-electron chi connectivity index (χ1n) is 6.80. The number of alkyl halides is 1. The Labute approximate surface area is 125 Å². The Bertz CT molecular complexity index is 565. The summed E-state index contributed by atoms with van der Waals surface area (Å²) in [6, 6.07) is 10.3. The van der Waals surface area contributed by atoms with E-state index >= 15 is 0 Å². The van der Waals surface area contributed by atoms with Crippen molar-refractivity contribution < 1.29 is 4.74 Å². The van der Waals surface area contributed by atoms with Gasteiger partial charge in [-0.25, -0.2) is 0 Å². The largest absolute Gasteiger partial charge is 0.497 e. The zero-order valence-electron chi connectivity index (χ0n) is 12.3. The summed E-state index contributed by atoms with van der Waals surface area (Å²) >= 11 is 6.14. The van der Waals surface area contributed by atoms with Gasteiger partial charge in [0, 0.05) is 18.6 Å². The lowest BCUT2D eigenvalue weighted by atomic mass is 9.96. The number of hydrogen-bond acceptors (Lipinski definition) is 2. The second-order valence-electron chi connectivity index (χ2n) is 5.18. The fraction of sp³-hybridized carbons (Fsp3) is 0.438. The summed E-state index contributed by atoms with van der Waals surface area (Å²) < 4.78 is 7.21. The quantitative estimate of drug-likeness (QED) is 0.763. The molecular weight excluding hydrogens is 272 g/mol. The van der Waals surface area contributed by atoms with Crippen LogP contribution < -0.4 is 4.74 Å². The van der Waals surface area contributed by atoms with Crippen LogP contribution in [0.4, 0.5) is 0 Å². The lowest BCUT2D eigenvalue weighted by Gasteiger charge is -2.14. The van der Waals surface area contributed by atoms with Crippen LogP contribution >= 0.6 is 11.6 Å². The normalized spacial score (nSPS) is 12.4. The van der Waals surface area contributed by atoms with Gasteiger partial charge in [-0.15, -0.1) is 11.6 Å². The summed E-state index contributed by atoms with van der Waals surface area (Å²) in [5.41, 5.74) is 3.54. The third kappa shape index (κ3) is 3.76. The summed E-state index contributed by atoms with van der Waals surface area (Å²) in [4.78, 5) is 0. The molecule has 0 radical (unpaired) electrons. The van der Waals surface area contributed by atoms with Gasteiger partial charge < -0.3 is 4.74 Å². The first kappa shape index (κ1) is 14.9. The maximum Gasteiger partial charge on any atom is 0.119 e. The predicted molar refractivity (Wildman–Crippen MR) is 82.6 cm³/mol. The molecule has 1 aromatic heterocycles. The summed E-state index contributed by atoms with van der Waals surface area (Å²) in [6.45, 7) is 2.02. The van der Waals surface area contributed by atoms with Crippen LogP contribution in [0.15, 0.2) is 30.3 Å². The van der Waals surface area contributed by atoms with Gasteiger partial charge in [0.1, 0.15) is 5.75 Å². The SMILES string of the molecule is COc1cccc(CC(CCl)Cc2cc(C)nn2C)c1. The first-order valence-corrected chi connectivity index (χ1v) is 7.34. The second-order valence-corrected chi connectivity index (χ2v) is 5.49. The molecule has 0 saturated carbocycles. The fourth-order valence-corrected chi connectivity index (χ4v) is 2.68. The number of benzene rings is 1. The highest BCUT2D eigenvalue weighted by molar-refractivity contribution is 6.18. The fourth-order valence-electron chi connectivity index (χ4n) is 2.47. The van der Waals surface area contributed by atoms with E-state index < -0.39 is 0 Å². The summed E-state index contributed by atoms with van der Waals surface area (Å²) in [5.74, 6) is 1.94. The molecule has 0 fully saturated rings. The summed E-state index contributed by atoms with van der Waals surface area (Å²) in [5, 5.41) is 4.39. The van der Waals surface area contributed by atoms with Crippen molar-refractivity contribution >= 4 is 11.6 Å². The molecule has 1 aromatic carbocycles. The van der Waals surface area contributed by atoms with Gasteiger partial charge in [-0.05, 0) is 49.4 Å². The van der Waals surface area contributed by atoms with Crippen LogP contribution in [0.1, 0.15) is 17.0 Å². The smallest absolute Gasteiger partial charge is 0.119 e. The summed E-state index contributed by atoms with van der Waals surface area (Å²) in [7, 11) is 3.68. The molecule has 0 aliphatic rings. The highest BCUT2D eigenvalue weighted by Crippen LogP contribution is 2.20. The minimum Gasteiger partial charge on any atom is -0.497 e. The van der Waals surface area contributed by atoms with E-state index in [9.17, 15) is 0 Å². The highest BCUT2D eigenvalue weighted by Gasteiger charge is 2.13.